The van der Waals surface area contributed by atoms with E-state index in [2.05, 4.69) is 16.0 Å². The molecule has 0 N–H and O–H groups in total. The smallest absolute Gasteiger partial charge is 0.146 e. The summed E-state index contributed by atoms with van der Waals surface area (Å²) >= 11 is 0. The maximum Gasteiger partial charge on any atom is 0.146 e. The fraction of sp³-hybridized carbons (Fsp3) is 0.312. The summed E-state index contributed by atoms with van der Waals surface area (Å²) in [7, 11) is 0. The number of aryl methyl sites for hydroxylation is 1. The Labute approximate surface area is 118 Å². The van der Waals surface area contributed by atoms with Crippen molar-refractivity contribution in [3.05, 3.63) is 47.7 Å². The normalized spacial score (nSPS) is 12.2. The fourth-order valence-electron chi connectivity index (χ4n) is 2.04. The van der Waals surface area contributed by atoms with E-state index >= 15 is 0 Å². The molecular formula is C16H16FN3. The van der Waals surface area contributed by atoms with Gasteiger partial charge in [0.1, 0.15) is 17.6 Å². The first kappa shape index (κ1) is 14.1. The van der Waals surface area contributed by atoms with E-state index in [1.807, 2.05) is 20.8 Å². The van der Waals surface area contributed by atoms with Crippen molar-refractivity contribution in [2.75, 3.05) is 0 Å². The second-order valence-electron chi connectivity index (χ2n) is 5.08. The van der Waals surface area contributed by atoms with E-state index in [4.69, 9.17) is 0 Å². The summed E-state index contributed by atoms with van der Waals surface area (Å²) in [5.74, 6) is -0.147. The number of halogens is 1. The van der Waals surface area contributed by atoms with E-state index in [1.165, 1.54) is 6.07 Å². The molecule has 102 valence electrons. The van der Waals surface area contributed by atoms with Crippen molar-refractivity contribution < 1.29 is 4.39 Å². The second-order valence-corrected chi connectivity index (χ2v) is 5.08. The fourth-order valence-corrected chi connectivity index (χ4v) is 2.04. The van der Waals surface area contributed by atoms with Crippen LogP contribution in [0, 0.1) is 30.0 Å². The monoisotopic (exact) mass is 269 g/mol. The molecule has 0 saturated carbocycles. The number of hydrogen-bond donors (Lipinski definition) is 0. The van der Waals surface area contributed by atoms with Crippen LogP contribution < -0.4 is 0 Å². The summed E-state index contributed by atoms with van der Waals surface area (Å²) in [6.07, 6.45) is 0. The maximum atomic E-state index is 13.9. The second kappa shape index (κ2) is 5.79. The largest absolute Gasteiger partial charge is 0.237 e. The van der Waals surface area contributed by atoms with Crippen LogP contribution in [0.25, 0.3) is 11.3 Å². The third-order valence-electron chi connectivity index (χ3n) is 3.11. The Morgan fingerprint density at radius 3 is 2.50 bits per heavy atom. The third kappa shape index (κ3) is 2.83. The number of nitrogens with zero attached hydrogens (tertiary/aromatic N) is 3. The lowest BCUT2D eigenvalue weighted by molar-refractivity contribution is 0.560. The van der Waals surface area contributed by atoms with Crippen LogP contribution >= 0.6 is 0 Å². The summed E-state index contributed by atoms with van der Waals surface area (Å²) in [4.78, 5) is 8.71. The summed E-state index contributed by atoms with van der Waals surface area (Å²) in [5, 5.41) is 9.25. The number of aromatic nitrogens is 2. The maximum absolute atomic E-state index is 13.9. The van der Waals surface area contributed by atoms with Crippen LogP contribution in [-0.4, -0.2) is 9.97 Å². The average Bonchev–Trinajstić information content (AvgIpc) is 2.39. The van der Waals surface area contributed by atoms with Gasteiger partial charge in [0.2, 0.25) is 0 Å². The molecule has 1 aromatic heterocycles. The summed E-state index contributed by atoms with van der Waals surface area (Å²) in [6.45, 7) is 5.72. The van der Waals surface area contributed by atoms with Crippen molar-refractivity contribution in [1.82, 2.24) is 9.97 Å². The molecule has 0 saturated heterocycles. The predicted molar refractivity (Wildman–Crippen MR) is 75.4 cm³/mol. The number of rotatable bonds is 3. The van der Waals surface area contributed by atoms with Crippen LogP contribution in [0.1, 0.15) is 31.3 Å². The van der Waals surface area contributed by atoms with Crippen molar-refractivity contribution in [3.8, 4) is 17.3 Å². The SMILES string of the molecule is Cc1cc(-c2ccccc2F)nc(C(C#N)C(C)C)n1. The topological polar surface area (TPSA) is 49.6 Å². The molecule has 1 atom stereocenters. The highest BCUT2D eigenvalue weighted by Crippen LogP contribution is 2.25. The van der Waals surface area contributed by atoms with Gasteiger partial charge in [-0.15, -0.1) is 0 Å². The van der Waals surface area contributed by atoms with Crippen molar-refractivity contribution in [2.45, 2.75) is 26.7 Å². The van der Waals surface area contributed by atoms with Gasteiger partial charge in [0.05, 0.1) is 11.8 Å². The molecule has 1 unspecified atom stereocenters. The van der Waals surface area contributed by atoms with Crippen LogP contribution in [0.15, 0.2) is 30.3 Å². The first-order valence-corrected chi connectivity index (χ1v) is 6.53. The van der Waals surface area contributed by atoms with Gasteiger partial charge in [0.15, 0.2) is 0 Å². The quantitative estimate of drug-likeness (QED) is 0.850. The molecule has 0 aliphatic rings. The van der Waals surface area contributed by atoms with Gasteiger partial charge in [0, 0.05) is 11.3 Å². The minimum atomic E-state index is -0.388. The highest BCUT2D eigenvalue weighted by Gasteiger charge is 2.20. The van der Waals surface area contributed by atoms with Crippen LogP contribution in [-0.2, 0) is 0 Å². The molecule has 2 aromatic rings. The van der Waals surface area contributed by atoms with Crippen molar-refractivity contribution in [2.24, 2.45) is 5.92 Å². The highest BCUT2D eigenvalue weighted by atomic mass is 19.1. The molecule has 0 radical (unpaired) electrons. The molecule has 4 heteroatoms. The van der Waals surface area contributed by atoms with Gasteiger partial charge < -0.3 is 0 Å². The Bertz CT molecular complexity index is 659. The standard InChI is InChI=1S/C16H16FN3/c1-10(2)13(9-18)16-19-11(3)8-15(20-16)12-6-4-5-7-14(12)17/h4-8,10,13H,1-3H3. The zero-order valence-electron chi connectivity index (χ0n) is 11.8. The third-order valence-corrected chi connectivity index (χ3v) is 3.11. The molecule has 0 amide bonds. The number of hydrogen-bond acceptors (Lipinski definition) is 3. The van der Waals surface area contributed by atoms with Crippen molar-refractivity contribution >= 4 is 0 Å². The van der Waals surface area contributed by atoms with Crippen molar-refractivity contribution in [1.29, 1.82) is 5.26 Å². The van der Waals surface area contributed by atoms with Gasteiger partial charge in [0.25, 0.3) is 0 Å². The van der Waals surface area contributed by atoms with Crippen LogP contribution in [0.5, 0.6) is 0 Å². The summed E-state index contributed by atoms with van der Waals surface area (Å²) in [5.41, 5.74) is 1.68. The molecule has 0 spiro atoms. The molecule has 0 aliphatic heterocycles. The summed E-state index contributed by atoms with van der Waals surface area (Å²) in [6, 6.07) is 10.4. The van der Waals surface area contributed by atoms with Crippen LogP contribution in [0.4, 0.5) is 4.39 Å². The Kier molecular flexibility index (Phi) is 4.09. The first-order chi connectivity index (χ1) is 9.52. The van der Waals surface area contributed by atoms with Gasteiger partial charge >= 0.3 is 0 Å². The van der Waals surface area contributed by atoms with E-state index in [1.54, 1.807) is 24.3 Å². The Balaban J connectivity index is 2.55. The van der Waals surface area contributed by atoms with Gasteiger partial charge in [-0.2, -0.15) is 5.26 Å². The Morgan fingerprint density at radius 2 is 1.90 bits per heavy atom. The predicted octanol–water partition coefficient (Wildman–Crippen LogP) is 3.85. The van der Waals surface area contributed by atoms with Gasteiger partial charge in [-0.1, -0.05) is 26.0 Å². The van der Waals surface area contributed by atoms with Crippen LogP contribution in [0.3, 0.4) is 0 Å². The lowest BCUT2D eigenvalue weighted by Gasteiger charge is -2.13. The average molecular weight is 269 g/mol. The summed E-state index contributed by atoms with van der Waals surface area (Å²) < 4.78 is 13.9. The van der Waals surface area contributed by atoms with E-state index in [-0.39, 0.29) is 17.7 Å². The molecule has 1 heterocycles. The van der Waals surface area contributed by atoms with Gasteiger partial charge in [-0.05, 0) is 31.0 Å². The first-order valence-electron chi connectivity index (χ1n) is 6.53. The molecule has 0 aliphatic carbocycles. The Hall–Kier alpha value is -2.28. The highest BCUT2D eigenvalue weighted by molar-refractivity contribution is 5.60. The van der Waals surface area contributed by atoms with E-state index in [9.17, 15) is 9.65 Å². The molecule has 0 fully saturated rings. The molecule has 20 heavy (non-hydrogen) atoms. The number of benzene rings is 1. The Morgan fingerprint density at radius 1 is 1.20 bits per heavy atom. The minimum absolute atomic E-state index is 0.107. The van der Waals surface area contributed by atoms with E-state index < -0.39 is 0 Å². The molecule has 3 nitrogen and oxygen atoms in total. The molecule has 0 bridgehead atoms. The minimum Gasteiger partial charge on any atom is -0.237 e. The molecule has 1 aromatic carbocycles. The molecular weight excluding hydrogens is 253 g/mol. The van der Waals surface area contributed by atoms with Crippen molar-refractivity contribution in [3.63, 3.8) is 0 Å². The van der Waals surface area contributed by atoms with Crippen LogP contribution in [0.2, 0.25) is 0 Å². The molecule has 2 rings (SSSR count). The van der Waals surface area contributed by atoms with Gasteiger partial charge in [-0.25, -0.2) is 14.4 Å². The number of nitriles is 1. The van der Waals surface area contributed by atoms with E-state index in [0.717, 1.165) is 5.69 Å². The lowest BCUT2D eigenvalue weighted by Crippen LogP contribution is -2.10. The van der Waals surface area contributed by atoms with Gasteiger partial charge in [-0.3, -0.25) is 0 Å². The zero-order chi connectivity index (χ0) is 14.7. The van der Waals surface area contributed by atoms with E-state index in [0.29, 0.717) is 17.1 Å². The lowest BCUT2D eigenvalue weighted by atomic mass is 9.96. The zero-order valence-corrected chi connectivity index (χ0v) is 11.8.